The molecule has 4 rings (SSSR count). The molecule has 0 bridgehead atoms. The molecular formula is C29H35Cl2NO2. The number of carbonyl (C=O) groups excluding carboxylic acids is 1. The lowest BCUT2D eigenvalue weighted by Gasteiger charge is -2.53. The largest absolute Gasteiger partial charge is 0.376 e. The summed E-state index contributed by atoms with van der Waals surface area (Å²) in [6, 6.07) is 15.9. The van der Waals surface area contributed by atoms with Gasteiger partial charge in [-0.3, -0.25) is 4.79 Å². The fraction of sp³-hybridized carbons (Fsp3) is 0.483. The Morgan fingerprint density at radius 3 is 2.53 bits per heavy atom. The van der Waals surface area contributed by atoms with Crippen LogP contribution in [0.1, 0.15) is 75.5 Å². The van der Waals surface area contributed by atoms with Gasteiger partial charge in [-0.1, -0.05) is 67.4 Å². The highest BCUT2D eigenvalue weighted by molar-refractivity contribution is 6.30. The third kappa shape index (κ3) is 5.08. The Balaban J connectivity index is 1.88. The van der Waals surface area contributed by atoms with Crippen molar-refractivity contribution < 1.29 is 9.53 Å². The second-order valence-electron chi connectivity index (χ2n) is 10.0. The number of allylic oxidation sites excluding steroid dienone is 1. The topological polar surface area (TPSA) is 29.5 Å². The Labute approximate surface area is 214 Å². The Bertz CT molecular complexity index is 1000. The number of halogens is 2. The lowest BCUT2D eigenvalue weighted by molar-refractivity contribution is -0.161. The lowest BCUT2D eigenvalue weighted by Crippen LogP contribution is -2.58. The molecule has 2 heterocycles. The number of likely N-dealkylation sites (tertiary alicyclic amines) is 1. The molecule has 1 amide bonds. The number of rotatable bonds is 7. The number of nitrogens with zero attached hydrogens (tertiary/aromatic N) is 1. The van der Waals surface area contributed by atoms with Crippen LogP contribution in [-0.4, -0.2) is 29.6 Å². The highest BCUT2D eigenvalue weighted by atomic mass is 35.5. The van der Waals surface area contributed by atoms with E-state index in [0.29, 0.717) is 16.5 Å². The van der Waals surface area contributed by atoms with Crippen LogP contribution in [0.2, 0.25) is 10.0 Å². The van der Waals surface area contributed by atoms with E-state index in [0.717, 1.165) is 49.8 Å². The Kier molecular flexibility index (Phi) is 8.07. The van der Waals surface area contributed by atoms with Crippen molar-refractivity contribution in [2.24, 2.45) is 5.41 Å². The van der Waals surface area contributed by atoms with Crippen molar-refractivity contribution in [2.45, 2.75) is 76.5 Å². The molecule has 34 heavy (non-hydrogen) atoms. The van der Waals surface area contributed by atoms with E-state index < -0.39 is 5.41 Å². The predicted octanol–water partition coefficient (Wildman–Crippen LogP) is 7.98. The van der Waals surface area contributed by atoms with Gasteiger partial charge >= 0.3 is 0 Å². The molecule has 0 spiro atoms. The molecule has 0 radical (unpaired) electrons. The summed E-state index contributed by atoms with van der Waals surface area (Å²) in [4.78, 5) is 16.5. The standard InChI is InChI=1S/C29H35Cl2NO2/c1-4-16-29(3)19-24(21-9-8-10-23(31)18-21)27(20-12-14-22(30)15-13-20)32(28(29)33)25(5-2)26-11-6-7-17-34-26/h4,8-10,12-15,18,24-27H,1,5-7,11,16-17,19H2,2-3H3/t24-,25?,26?,27?,29+/m1/s1. The van der Waals surface area contributed by atoms with Gasteiger partial charge in [0, 0.05) is 22.6 Å². The van der Waals surface area contributed by atoms with E-state index in [1.807, 2.05) is 30.3 Å². The maximum atomic E-state index is 14.3. The maximum Gasteiger partial charge on any atom is 0.229 e. The van der Waals surface area contributed by atoms with Crippen molar-refractivity contribution in [2.75, 3.05) is 6.61 Å². The highest BCUT2D eigenvalue weighted by Crippen LogP contribution is 2.52. The zero-order valence-electron chi connectivity index (χ0n) is 20.2. The number of hydrogen-bond donors (Lipinski definition) is 0. The summed E-state index contributed by atoms with van der Waals surface area (Å²) < 4.78 is 6.27. The number of ether oxygens (including phenoxy) is 1. The molecule has 5 heteroatoms. The van der Waals surface area contributed by atoms with Crippen molar-refractivity contribution in [1.29, 1.82) is 0 Å². The van der Waals surface area contributed by atoms with Crippen LogP contribution in [0.3, 0.4) is 0 Å². The first-order valence-electron chi connectivity index (χ1n) is 12.4. The van der Waals surface area contributed by atoms with Gasteiger partial charge < -0.3 is 9.64 Å². The van der Waals surface area contributed by atoms with Crippen LogP contribution in [0.15, 0.2) is 61.2 Å². The third-order valence-electron chi connectivity index (χ3n) is 7.60. The smallest absolute Gasteiger partial charge is 0.229 e. The molecule has 0 saturated carbocycles. The van der Waals surface area contributed by atoms with E-state index in [1.165, 1.54) is 0 Å². The minimum absolute atomic E-state index is 0.000368. The normalized spacial score (nSPS) is 28.5. The van der Waals surface area contributed by atoms with E-state index in [-0.39, 0.29) is 30.0 Å². The SMILES string of the molecule is C=CC[C@@]1(C)C[C@H](c2cccc(Cl)c2)C(c2ccc(Cl)cc2)N(C(CC)C2CCCCO2)C1=O. The van der Waals surface area contributed by atoms with Gasteiger partial charge in [0.2, 0.25) is 5.91 Å². The van der Waals surface area contributed by atoms with Crippen molar-refractivity contribution >= 4 is 29.1 Å². The first-order valence-corrected chi connectivity index (χ1v) is 13.2. The molecule has 0 N–H and O–H groups in total. The monoisotopic (exact) mass is 499 g/mol. The van der Waals surface area contributed by atoms with E-state index in [2.05, 4.69) is 49.6 Å². The van der Waals surface area contributed by atoms with E-state index >= 15 is 0 Å². The summed E-state index contributed by atoms with van der Waals surface area (Å²) in [7, 11) is 0. The molecule has 2 aliphatic rings. The molecular weight excluding hydrogens is 465 g/mol. The molecule has 2 fully saturated rings. The van der Waals surface area contributed by atoms with Gasteiger partial charge in [0.05, 0.1) is 23.6 Å². The van der Waals surface area contributed by atoms with E-state index in [9.17, 15) is 4.79 Å². The van der Waals surface area contributed by atoms with Crippen LogP contribution in [0.5, 0.6) is 0 Å². The summed E-state index contributed by atoms with van der Waals surface area (Å²) in [5, 5.41) is 1.40. The van der Waals surface area contributed by atoms with E-state index in [4.69, 9.17) is 27.9 Å². The third-order valence-corrected chi connectivity index (χ3v) is 8.09. The molecule has 2 saturated heterocycles. The van der Waals surface area contributed by atoms with Crippen molar-refractivity contribution in [3.63, 3.8) is 0 Å². The number of piperidine rings is 1. The van der Waals surface area contributed by atoms with Crippen LogP contribution < -0.4 is 0 Å². The molecule has 0 aliphatic carbocycles. The van der Waals surface area contributed by atoms with Gasteiger partial charge in [-0.25, -0.2) is 0 Å². The molecule has 3 unspecified atom stereocenters. The van der Waals surface area contributed by atoms with Gasteiger partial charge in [-0.2, -0.15) is 0 Å². The van der Waals surface area contributed by atoms with Gasteiger partial charge in [0.25, 0.3) is 0 Å². The van der Waals surface area contributed by atoms with Crippen LogP contribution >= 0.6 is 23.2 Å². The molecule has 2 aromatic rings. The Morgan fingerprint density at radius 1 is 1.15 bits per heavy atom. The van der Waals surface area contributed by atoms with Crippen LogP contribution in [0.4, 0.5) is 0 Å². The molecule has 2 aliphatic heterocycles. The van der Waals surface area contributed by atoms with Gasteiger partial charge in [-0.15, -0.1) is 6.58 Å². The molecule has 2 aromatic carbocycles. The first-order chi connectivity index (χ1) is 16.4. The first kappa shape index (κ1) is 25.3. The zero-order chi connectivity index (χ0) is 24.3. The fourth-order valence-electron chi connectivity index (χ4n) is 5.96. The summed E-state index contributed by atoms with van der Waals surface area (Å²) in [5.74, 6) is 0.270. The maximum absolute atomic E-state index is 14.3. The lowest BCUT2D eigenvalue weighted by atomic mass is 9.66. The number of carbonyl (C=O) groups is 1. The molecule has 3 nitrogen and oxygen atoms in total. The average molecular weight is 501 g/mol. The van der Waals surface area contributed by atoms with Gasteiger partial charge in [0.15, 0.2) is 0 Å². The molecule has 5 atom stereocenters. The number of hydrogen-bond acceptors (Lipinski definition) is 2. The number of benzene rings is 2. The predicted molar refractivity (Wildman–Crippen MR) is 140 cm³/mol. The summed E-state index contributed by atoms with van der Waals surface area (Å²) in [6.45, 7) is 9.00. The summed E-state index contributed by atoms with van der Waals surface area (Å²) in [5.41, 5.74) is 1.71. The second kappa shape index (κ2) is 10.8. The highest BCUT2D eigenvalue weighted by Gasteiger charge is 2.52. The Hall–Kier alpha value is -1.81. The zero-order valence-corrected chi connectivity index (χ0v) is 21.7. The van der Waals surface area contributed by atoms with E-state index in [1.54, 1.807) is 0 Å². The Morgan fingerprint density at radius 2 is 1.91 bits per heavy atom. The second-order valence-corrected chi connectivity index (χ2v) is 10.9. The quantitative estimate of drug-likeness (QED) is 0.361. The van der Waals surface area contributed by atoms with Crippen LogP contribution in [-0.2, 0) is 9.53 Å². The van der Waals surface area contributed by atoms with Gasteiger partial charge in [0.1, 0.15) is 0 Å². The minimum atomic E-state index is -0.542. The fourth-order valence-corrected chi connectivity index (χ4v) is 6.29. The summed E-state index contributed by atoms with van der Waals surface area (Å²) in [6.07, 6.45) is 7.33. The summed E-state index contributed by atoms with van der Waals surface area (Å²) >= 11 is 12.7. The van der Waals surface area contributed by atoms with Crippen LogP contribution in [0.25, 0.3) is 0 Å². The van der Waals surface area contributed by atoms with Gasteiger partial charge in [-0.05, 0) is 73.9 Å². The number of amides is 1. The van der Waals surface area contributed by atoms with Crippen LogP contribution in [0, 0.1) is 5.41 Å². The van der Waals surface area contributed by atoms with Crippen molar-refractivity contribution in [1.82, 2.24) is 4.90 Å². The molecule has 182 valence electrons. The average Bonchev–Trinajstić information content (AvgIpc) is 2.84. The molecule has 0 aromatic heterocycles. The van der Waals surface area contributed by atoms with Crippen molar-refractivity contribution in [3.8, 4) is 0 Å². The van der Waals surface area contributed by atoms with Crippen molar-refractivity contribution in [3.05, 3.63) is 82.4 Å². The minimum Gasteiger partial charge on any atom is -0.376 e.